The lowest BCUT2D eigenvalue weighted by molar-refractivity contribution is -0.148. The largest absolute Gasteiger partial charge is 0.464 e. The van der Waals surface area contributed by atoms with Gasteiger partial charge in [0, 0.05) is 5.69 Å². The molecule has 2 bridgehead atoms. The fraction of sp³-hybridized carbons (Fsp3) is 0.250. The molecule has 2 aromatic rings. The van der Waals surface area contributed by atoms with Gasteiger partial charge in [0.15, 0.2) is 6.04 Å². The van der Waals surface area contributed by atoms with E-state index in [2.05, 4.69) is 9.60 Å². The van der Waals surface area contributed by atoms with E-state index < -0.39 is 40.6 Å². The highest BCUT2D eigenvalue weighted by Gasteiger charge is 2.52. The number of esters is 1. The molecule has 3 amide bonds. The van der Waals surface area contributed by atoms with E-state index in [1.54, 1.807) is 37.3 Å². The number of urea groups is 1. The molecule has 0 radical (unpaired) electrons. The number of ether oxygens (including phenoxy) is 2. The SMILES string of the molecule is CCOC(=O)C1c2ccc(OC(=O)Nc3ccccc3)cc2[C@H]2CN1C(=O)N2OS(=O)(=O)O. The molecule has 2 aliphatic rings. The zero-order valence-electron chi connectivity index (χ0n) is 17.2. The molecule has 0 saturated carbocycles. The Hall–Kier alpha value is -3.68. The lowest BCUT2D eigenvalue weighted by atomic mass is 9.91. The van der Waals surface area contributed by atoms with Crippen molar-refractivity contribution < 1.29 is 41.1 Å². The van der Waals surface area contributed by atoms with Crippen LogP contribution in [0.1, 0.15) is 30.1 Å². The first-order chi connectivity index (χ1) is 15.7. The number of amides is 3. The summed E-state index contributed by atoms with van der Waals surface area (Å²) in [6, 6.07) is 9.77. The number of hydrogen-bond donors (Lipinski definition) is 2. The van der Waals surface area contributed by atoms with Crippen molar-refractivity contribution in [1.82, 2.24) is 9.96 Å². The molecule has 12 nitrogen and oxygen atoms in total. The highest BCUT2D eigenvalue weighted by molar-refractivity contribution is 7.80. The third-order valence-electron chi connectivity index (χ3n) is 5.03. The molecule has 174 valence electrons. The average Bonchev–Trinajstić information content (AvgIpc) is 3.01. The maximum Gasteiger partial charge on any atom is 0.418 e. The summed E-state index contributed by atoms with van der Waals surface area (Å²) in [5, 5.41) is 3.01. The van der Waals surface area contributed by atoms with Crippen LogP contribution in [0.15, 0.2) is 48.5 Å². The van der Waals surface area contributed by atoms with Crippen LogP contribution in [0.5, 0.6) is 5.75 Å². The van der Waals surface area contributed by atoms with Gasteiger partial charge in [-0.2, -0.15) is 13.5 Å². The highest BCUT2D eigenvalue weighted by Crippen LogP contribution is 2.45. The van der Waals surface area contributed by atoms with E-state index in [0.29, 0.717) is 21.9 Å². The number of hydrogen-bond acceptors (Lipinski definition) is 8. The number of nitrogens with one attached hydrogen (secondary N) is 1. The standard InChI is InChI=1S/C20H19N3O9S/c1-2-30-18(24)17-14-9-8-13(31-19(25)21-12-6-4-3-5-7-12)10-15(14)16-11-22(17)20(26)23(16)32-33(27,28)29/h3-10,16-17H,2,11H2,1H3,(H,21,25)(H,27,28,29)/t16-,17?/m1/s1. The van der Waals surface area contributed by atoms with Crippen LogP contribution < -0.4 is 10.1 Å². The smallest absolute Gasteiger partial charge is 0.418 e. The summed E-state index contributed by atoms with van der Waals surface area (Å²) >= 11 is 0. The van der Waals surface area contributed by atoms with E-state index in [1.807, 2.05) is 0 Å². The fourth-order valence-electron chi connectivity index (χ4n) is 3.79. The van der Waals surface area contributed by atoms with Crippen LogP contribution >= 0.6 is 0 Å². The summed E-state index contributed by atoms with van der Waals surface area (Å²) in [5.41, 5.74) is 1.15. The van der Waals surface area contributed by atoms with Crippen LogP contribution in [0.4, 0.5) is 15.3 Å². The van der Waals surface area contributed by atoms with Crippen molar-refractivity contribution in [3.05, 3.63) is 59.7 Å². The van der Waals surface area contributed by atoms with Crippen LogP contribution in [0.25, 0.3) is 0 Å². The predicted octanol–water partition coefficient (Wildman–Crippen LogP) is 2.43. The third kappa shape index (κ3) is 4.60. The Morgan fingerprint density at radius 1 is 1.15 bits per heavy atom. The summed E-state index contributed by atoms with van der Waals surface area (Å²) in [6.07, 6.45) is -0.783. The molecule has 13 heteroatoms. The van der Waals surface area contributed by atoms with E-state index in [-0.39, 0.29) is 18.9 Å². The van der Waals surface area contributed by atoms with Crippen LogP contribution in [0.2, 0.25) is 0 Å². The van der Waals surface area contributed by atoms with Gasteiger partial charge in [0.2, 0.25) is 0 Å². The molecule has 0 aliphatic carbocycles. The summed E-state index contributed by atoms with van der Waals surface area (Å²) in [7, 11) is -5.03. The molecule has 0 spiro atoms. The van der Waals surface area contributed by atoms with Gasteiger partial charge in [-0.25, -0.2) is 14.4 Å². The molecule has 33 heavy (non-hydrogen) atoms. The lowest BCUT2D eigenvalue weighted by Gasteiger charge is -2.31. The number of fused-ring (bicyclic) bond motifs is 4. The Balaban J connectivity index is 1.67. The van der Waals surface area contributed by atoms with Gasteiger partial charge in [0.1, 0.15) is 11.8 Å². The zero-order chi connectivity index (χ0) is 23.8. The number of rotatable bonds is 6. The van der Waals surface area contributed by atoms with Gasteiger partial charge < -0.3 is 14.4 Å². The first kappa shape index (κ1) is 22.5. The van der Waals surface area contributed by atoms with E-state index in [0.717, 1.165) is 4.90 Å². The summed E-state index contributed by atoms with van der Waals surface area (Å²) in [6.45, 7) is 1.54. The van der Waals surface area contributed by atoms with Gasteiger partial charge in [-0.1, -0.05) is 24.3 Å². The van der Waals surface area contributed by atoms with E-state index in [4.69, 9.17) is 14.0 Å². The number of benzene rings is 2. The first-order valence-electron chi connectivity index (χ1n) is 9.79. The molecule has 1 saturated heterocycles. The quantitative estimate of drug-likeness (QED) is 0.472. The summed E-state index contributed by atoms with van der Waals surface area (Å²) < 4.78 is 46.5. The maximum absolute atomic E-state index is 12.8. The van der Waals surface area contributed by atoms with Crippen molar-refractivity contribution in [2.45, 2.75) is 19.0 Å². The fourth-order valence-corrected chi connectivity index (χ4v) is 4.16. The molecule has 2 atom stereocenters. The normalized spacial score (nSPS) is 19.2. The second-order valence-electron chi connectivity index (χ2n) is 7.10. The number of anilines is 1. The van der Waals surface area contributed by atoms with Gasteiger partial charge in [-0.15, -0.1) is 4.28 Å². The van der Waals surface area contributed by atoms with Gasteiger partial charge in [0.05, 0.1) is 13.2 Å². The van der Waals surface area contributed by atoms with Gasteiger partial charge in [-0.3, -0.25) is 9.87 Å². The molecule has 2 aliphatic heterocycles. The van der Waals surface area contributed by atoms with E-state index in [9.17, 15) is 22.8 Å². The van der Waals surface area contributed by atoms with Crippen molar-refractivity contribution in [2.24, 2.45) is 0 Å². The molecule has 4 rings (SSSR count). The van der Waals surface area contributed by atoms with Gasteiger partial charge >= 0.3 is 28.5 Å². The minimum Gasteiger partial charge on any atom is -0.464 e. The number of nitrogens with zero attached hydrogens (tertiary/aromatic N) is 2. The Bertz CT molecular complexity index is 1200. The van der Waals surface area contributed by atoms with Crippen molar-refractivity contribution >= 4 is 34.2 Å². The Morgan fingerprint density at radius 3 is 2.55 bits per heavy atom. The van der Waals surface area contributed by atoms with Gasteiger partial charge in [-0.05, 0) is 42.3 Å². The molecule has 0 aromatic heterocycles. The molecule has 1 fully saturated rings. The zero-order valence-corrected chi connectivity index (χ0v) is 18.0. The molecule has 1 unspecified atom stereocenters. The number of carbonyl (C=O) groups is 3. The second kappa shape index (κ2) is 8.69. The van der Waals surface area contributed by atoms with E-state index >= 15 is 0 Å². The Labute approximate surface area is 188 Å². The highest BCUT2D eigenvalue weighted by atomic mass is 32.3. The summed E-state index contributed by atoms with van der Waals surface area (Å²) in [4.78, 5) is 38.7. The van der Waals surface area contributed by atoms with Crippen molar-refractivity contribution in [3.8, 4) is 5.75 Å². The Morgan fingerprint density at radius 2 is 1.88 bits per heavy atom. The monoisotopic (exact) mass is 477 g/mol. The summed E-state index contributed by atoms with van der Waals surface area (Å²) in [5.74, 6) is -0.654. The van der Waals surface area contributed by atoms with Crippen LogP contribution in [-0.2, 0) is 24.2 Å². The van der Waals surface area contributed by atoms with Crippen molar-refractivity contribution in [2.75, 3.05) is 18.5 Å². The van der Waals surface area contributed by atoms with E-state index in [1.165, 1.54) is 18.2 Å². The van der Waals surface area contributed by atoms with Gasteiger partial charge in [0.25, 0.3) is 0 Å². The minimum absolute atomic E-state index is 0.0577. The van der Waals surface area contributed by atoms with Crippen molar-refractivity contribution in [1.29, 1.82) is 0 Å². The molecular weight excluding hydrogens is 458 g/mol. The first-order valence-corrected chi connectivity index (χ1v) is 11.2. The average molecular weight is 477 g/mol. The minimum atomic E-state index is -5.03. The van der Waals surface area contributed by atoms with Crippen molar-refractivity contribution in [3.63, 3.8) is 0 Å². The Kier molecular flexibility index (Phi) is 5.93. The second-order valence-corrected chi connectivity index (χ2v) is 8.11. The lowest BCUT2D eigenvalue weighted by Crippen LogP contribution is -2.39. The van der Waals surface area contributed by atoms with Crippen LogP contribution in [0.3, 0.4) is 0 Å². The molecule has 2 N–H and O–H groups in total. The molecule has 2 heterocycles. The topological polar surface area (TPSA) is 152 Å². The maximum atomic E-state index is 12.8. The number of carbonyl (C=O) groups excluding carboxylic acids is 3. The number of para-hydroxylation sites is 1. The van der Waals surface area contributed by atoms with Crippen LogP contribution in [-0.4, -0.2) is 54.2 Å². The van der Waals surface area contributed by atoms with Crippen LogP contribution in [0, 0.1) is 0 Å². The third-order valence-corrected chi connectivity index (χ3v) is 5.37. The number of hydroxylamine groups is 2. The molecule has 2 aromatic carbocycles. The predicted molar refractivity (Wildman–Crippen MR) is 111 cm³/mol. The molecular formula is C20H19N3O9S.